The van der Waals surface area contributed by atoms with Crippen LogP contribution in [0, 0.1) is 0 Å². The second kappa shape index (κ2) is 6.76. The number of nitrogens with zero attached hydrogens (tertiary/aromatic N) is 1. The molecule has 1 aromatic carbocycles. The number of ether oxygens (including phenoxy) is 1. The first kappa shape index (κ1) is 19.0. The third kappa shape index (κ3) is 3.54. The van der Waals surface area contributed by atoms with Crippen molar-refractivity contribution in [2.75, 3.05) is 5.73 Å². The number of pyridine rings is 1. The van der Waals surface area contributed by atoms with Gasteiger partial charge in [0.15, 0.2) is 11.6 Å². The lowest BCUT2D eigenvalue weighted by atomic mass is 9.80. The van der Waals surface area contributed by atoms with Crippen molar-refractivity contribution in [3.8, 4) is 5.75 Å². The average molecular weight is 375 g/mol. The summed E-state index contributed by atoms with van der Waals surface area (Å²) in [5, 5.41) is 0.647. The van der Waals surface area contributed by atoms with Gasteiger partial charge in [0.05, 0.1) is 11.2 Å². The molecule has 2 aromatic rings. The highest BCUT2D eigenvalue weighted by Crippen LogP contribution is 2.37. The van der Waals surface area contributed by atoms with E-state index in [4.69, 9.17) is 31.4 Å². The molecular formula is C19H24BClN2O3. The van der Waals surface area contributed by atoms with Gasteiger partial charge in [-0.25, -0.2) is 4.98 Å². The van der Waals surface area contributed by atoms with Crippen LogP contribution in [0.4, 0.5) is 5.82 Å². The molecule has 2 heterocycles. The van der Waals surface area contributed by atoms with Gasteiger partial charge in [-0.1, -0.05) is 29.8 Å². The number of nitrogens with two attached hydrogens (primary N) is 1. The summed E-state index contributed by atoms with van der Waals surface area (Å²) in [5.41, 5.74) is 6.80. The highest BCUT2D eigenvalue weighted by Gasteiger charge is 2.52. The molecule has 0 saturated carbocycles. The third-order valence-electron chi connectivity index (χ3n) is 5.08. The Labute approximate surface area is 159 Å². The predicted octanol–water partition coefficient (Wildman–Crippen LogP) is 3.76. The number of halogens is 1. The summed E-state index contributed by atoms with van der Waals surface area (Å²) in [4.78, 5) is 4.25. The highest BCUT2D eigenvalue weighted by atomic mass is 35.5. The second-order valence-electron chi connectivity index (χ2n) is 7.52. The average Bonchev–Trinajstić information content (AvgIpc) is 2.78. The fourth-order valence-corrected chi connectivity index (χ4v) is 3.02. The van der Waals surface area contributed by atoms with E-state index in [0.717, 1.165) is 11.0 Å². The quantitative estimate of drug-likeness (QED) is 0.825. The van der Waals surface area contributed by atoms with Gasteiger partial charge in [0.1, 0.15) is 6.10 Å². The van der Waals surface area contributed by atoms with Crippen LogP contribution in [0.15, 0.2) is 36.5 Å². The molecule has 0 spiro atoms. The van der Waals surface area contributed by atoms with Crippen molar-refractivity contribution in [3.63, 3.8) is 0 Å². The monoisotopic (exact) mass is 374 g/mol. The molecule has 1 aliphatic heterocycles. The lowest BCUT2D eigenvalue weighted by Gasteiger charge is -2.32. The molecule has 0 amide bonds. The predicted molar refractivity (Wildman–Crippen MR) is 105 cm³/mol. The maximum absolute atomic E-state index is 6.26. The second-order valence-corrected chi connectivity index (χ2v) is 7.93. The van der Waals surface area contributed by atoms with Crippen LogP contribution in [0.3, 0.4) is 0 Å². The van der Waals surface area contributed by atoms with Crippen LogP contribution in [-0.4, -0.2) is 23.3 Å². The van der Waals surface area contributed by atoms with E-state index in [0.29, 0.717) is 16.6 Å². The number of rotatable bonds is 4. The minimum Gasteiger partial charge on any atom is -0.482 e. The molecule has 1 atom stereocenters. The van der Waals surface area contributed by atoms with Crippen molar-refractivity contribution in [1.82, 2.24) is 4.98 Å². The van der Waals surface area contributed by atoms with E-state index in [9.17, 15) is 0 Å². The molecule has 2 N–H and O–H groups in total. The van der Waals surface area contributed by atoms with E-state index in [-0.39, 0.29) is 6.10 Å². The minimum atomic E-state index is -0.522. The van der Waals surface area contributed by atoms with Crippen molar-refractivity contribution in [3.05, 3.63) is 47.1 Å². The SMILES string of the molecule is CC(Oc1cc(B2OC(C)(C)C(C)(C)O2)cnc1N)c1ccccc1Cl. The van der Waals surface area contributed by atoms with E-state index >= 15 is 0 Å². The Hall–Kier alpha value is -1.76. The topological polar surface area (TPSA) is 66.6 Å². The van der Waals surface area contributed by atoms with Crippen LogP contribution in [0.1, 0.15) is 46.3 Å². The summed E-state index contributed by atoms with van der Waals surface area (Å²) < 4.78 is 18.2. The van der Waals surface area contributed by atoms with Gasteiger partial charge in [-0.2, -0.15) is 0 Å². The summed E-state index contributed by atoms with van der Waals surface area (Å²) in [6, 6.07) is 9.38. The Kier molecular flexibility index (Phi) is 4.95. The summed E-state index contributed by atoms with van der Waals surface area (Å²) in [6.45, 7) is 9.95. The van der Waals surface area contributed by atoms with E-state index in [1.165, 1.54) is 0 Å². The van der Waals surface area contributed by atoms with Crippen LogP contribution in [0.5, 0.6) is 5.75 Å². The normalized spacial score (nSPS) is 19.4. The van der Waals surface area contributed by atoms with Gasteiger partial charge >= 0.3 is 7.12 Å². The van der Waals surface area contributed by atoms with Gasteiger partial charge in [0.25, 0.3) is 0 Å². The van der Waals surface area contributed by atoms with Gasteiger partial charge < -0.3 is 19.8 Å². The molecule has 138 valence electrons. The molecule has 1 aliphatic rings. The Balaban J connectivity index is 1.84. The number of nitrogen functional groups attached to an aromatic ring is 1. The van der Waals surface area contributed by atoms with Crippen LogP contribution in [-0.2, 0) is 9.31 Å². The van der Waals surface area contributed by atoms with Crippen molar-refractivity contribution in [2.24, 2.45) is 0 Å². The molecule has 1 saturated heterocycles. The molecule has 5 nitrogen and oxygen atoms in total. The van der Waals surface area contributed by atoms with Crippen LogP contribution < -0.4 is 15.9 Å². The third-order valence-corrected chi connectivity index (χ3v) is 5.42. The van der Waals surface area contributed by atoms with Crippen LogP contribution in [0.2, 0.25) is 5.02 Å². The first-order chi connectivity index (χ1) is 12.1. The highest BCUT2D eigenvalue weighted by molar-refractivity contribution is 6.62. The number of anilines is 1. The first-order valence-corrected chi connectivity index (χ1v) is 9.00. The molecular weight excluding hydrogens is 350 g/mol. The summed E-state index contributed by atoms with van der Waals surface area (Å²) in [6.07, 6.45) is 1.38. The Bertz CT molecular complexity index is 797. The molecule has 0 radical (unpaired) electrons. The summed E-state index contributed by atoms with van der Waals surface area (Å²) in [7, 11) is -0.522. The van der Waals surface area contributed by atoms with Crippen molar-refractivity contribution in [1.29, 1.82) is 0 Å². The van der Waals surface area contributed by atoms with Gasteiger partial charge in [0.2, 0.25) is 0 Å². The lowest BCUT2D eigenvalue weighted by Crippen LogP contribution is -2.41. The van der Waals surface area contributed by atoms with Gasteiger partial charge in [-0.15, -0.1) is 0 Å². The fraction of sp³-hybridized carbons (Fsp3) is 0.421. The minimum absolute atomic E-state index is 0.277. The number of hydrogen-bond acceptors (Lipinski definition) is 5. The number of aromatic nitrogens is 1. The Morgan fingerprint density at radius 2 is 1.77 bits per heavy atom. The zero-order valence-corrected chi connectivity index (χ0v) is 16.5. The Morgan fingerprint density at radius 3 is 2.38 bits per heavy atom. The molecule has 1 unspecified atom stereocenters. The smallest absolute Gasteiger partial charge is 0.482 e. The van der Waals surface area contributed by atoms with Crippen LogP contribution >= 0.6 is 11.6 Å². The maximum Gasteiger partial charge on any atom is 0.496 e. The first-order valence-electron chi connectivity index (χ1n) is 8.63. The van der Waals surface area contributed by atoms with E-state index < -0.39 is 18.3 Å². The zero-order valence-electron chi connectivity index (χ0n) is 15.7. The van der Waals surface area contributed by atoms with Crippen molar-refractivity contribution >= 4 is 30.0 Å². The molecule has 26 heavy (non-hydrogen) atoms. The maximum atomic E-state index is 6.26. The van der Waals surface area contributed by atoms with Crippen molar-refractivity contribution in [2.45, 2.75) is 51.9 Å². The lowest BCUT2D eigenvalue weighted by molar-refractivity contribution is 0.00578. The molecule has 3 rings (SSSR count). The largest absolute Gasteiger partial charge is 0.496 e. The molecule has 1 fully saturated rings. The van der Waals surface area contributed by atoms with Crippen molar-refractivity contribution < 1.29 is 14.0 Å². The molecule has 1 aromatic heterocycles. The summed E-state index contributed by atoms with van der Waals surface area (Å²) >= 11 is 6.26. The van der Waals surface area contributed by atoms with Gasteiger partial charge in [-0.05, 0) is 46.8 Å². The van der Waals surface area contributed by atoms with E-state index in [2.05, 4.69) is 4.98 Å². The number of hydrogen-bond donors (Lipinski definition) is 1. The van der Waals surface area contributed by atoms with E-state index in [1.54, 1.807) is 6.20 Å². The van der Waals surface area contributed by atoms with Crippen LogP contribution in [0.25, 0.3) is 0 Å². The Morgan fingerprint density at radius 1 is 1.15 bits per heavy atom. The standard InChI is InChI=1S/C19H24BClN2O3/c1-12(14-8-6-7-9-15(14)21)24-16-10-13(11-23-17(16)22)20-25-18(2,3)19(4,5)26-20/h6-12H,1-5H3,(H2,22,23). The molecule has 0 aliphatic carbocycles. The van der Waals surface area contributed by atoms with Gasteiger partial charge in [0, 0.05) is 22.2 Å². The molecule has 7 heteroatoms. The summed E-state index contributed by atoms with van der Waals surface area (Å²) in [5.74, 6) is 0.786. The number of benzene rings is 1. The van der Waals surface area contributed by atoms with E-state index in [1.807, 2.05) is 65.0 Å². The molecule has 0 bridgehead atoms. The zero-order chi connectivity index (χ0) is 19.1. The fourth-order valence-electron chi connectivity index (χ4n) is 2.73. The van der Waals surface area contributed by atoms with Gasteiger partial charge in [-0.3, -0.25) is 0 Å².